The number of allylic oxidation sites excluding steroid dienone is 4. The van der Waals surface area contributed by atoms with Crippen LogP contribution in [0.1, 0.15) is 57.2 Å². The van der Waals surface area contributed by atoms with Gasteiger partial charge in [0.2, 0.25) is 0 Å². The van der Waals surface area contributed by atoms with Gasteiger partial charge in [-0.1, -0.05) is 49.4 Å². The van der Waals surface area contributed by atoms with Crippen LogP contribution in [0.3, 0.4) is 0 Å². The molecule has 0 atom stereocenters. The van der Waals surface area contributed by atoms with E-state index in [0.29, 0.717) is 4.90 Å². The number of benzene rings is 2. The Morgan fingerprint density at radius 1 is 1.05 bits per heavy atom. The highest BCUT2D eigenvalue weighted by Gasteiger charge is 2.16. The van der Waals surface area contributed by atoms with Gasteiger partial charge in [-0.05, 0) is 105 Å². The number of sulfone groups is 1. The lowest BCUT2D eigenvalue weighted by molar-refractivity contribution is 0.237. The van der Waals surface area contributed by atoms with E-state index in [9.17, 15) is 8.42 Å². The third kappa shape index (κ3) is 10.1. The predicted molar refractivity (Wildman–Crippen MR) is 169 cm³/mol. The number of aryl methyl sites for hydroxylation is 2. The Hall–Kier alpha value is -3.25. The molecule has 1 heterocycles. The van der Waals surface area contributed by atoms with Crippen molar-refractivity contribution in [1.82, 2.24) is 4.90 Å². The first kappa shape index (κ1) is 32.0. The van der Waals surface area contributed by atoms with Crippen LogP contribution in [0.15, 0.2) is 87.0 Å². The van der Waals surface area contributed by atoms with Crippen molar-refractivity contribution in [2.24, 2.45) is 15.9 Å². The summed E-state index contributed by atoms with van der Waals surface area (Å²) in [6, 6.07) is 11.2. The Morgan fingerprint density at radius 3 is 2.18 bits per heavy atom. The average molecular weight is 548 g/mol. The average Bonchev–Trinajstić information content (AvgIpc) is 2.88. The zero-order valence-electron chi connectivity index (χ0n) is 25.0. The van der Waals surface area contributed by atoms with E-state index in [1.807, 2.05) is 31.5 Å². The van der Waals surface area contributed by atoms with Crippen LogP contribution in [0.4, 0.5) is 0 Å². The monoisotopic (exact) mass is 547 g/mol. The van der Waals surface area contributed by atoms with Crippen LogP contribution < -0.4 is 0 Å². The van der Waals surface area contributed by atoms with Gasteiger partial charge >= 0.3 is 0 Å². The molecule has 39 heavy (non-hydrogen) atoms. The zero-order valence-corrected chi connectivity index (χ0v) is 25.8. The number of rotatable bonds is 7. The summed E-state index contributed by atoms with van der Waals surface area (Å²) >= 11 is 0. The molecule has 0 radical (unpaired) electrons. The van der Waals surface area contributed by atoms with Gasteiger partial charge < -0.3 is 4.90 Å². The second-order valence-corrected chi connectivity index (χ2v) is 12.6. The van der Waals surface area contributed by atoms with Gasteiger partial charge in [0.1, 0.15) is 5.82 Å². The highest BCUT2D eigenvalue weighted by Crippen LogP contribution is 2.27. The largest absolute Gasteiger partial charge is 0.357 e. The molecule has 0 bridgehead atoms. The second kappa shape index (κ2) is 14.8. The summed E-state index contributed by atoms with van der Waals surface area (Å²) in [5.41, 5.74) is 7.93. The Balaban J connectivity index is 0.000000277. The van der Waals surface area contributed by atoms with E-state index in [2.05, 4.69) is 80.4 Å². The van der Waals surface area contributed by atoms with Crippen LogP contribution >= 0.6 is 0 Å². The lowest BCUT2D eigenvalue weighted by atomic mass is 9.95. The van der Waals surface area contributed by atoms with Gasteiger partial charge in [0.15, 0.2) is 9.84 Å². The maximum atomic E-state index is 11.5. The van der Waals surface area contributed by atoms with Gasteiger partial charge in [-0.2, -0.15) is 0 Å². The molecule has 1 aliphatic rings. The number of nitrogens with zero attached hydrogens (tertiary/aromatic N) is 3. The van der Waals surface area contributed by atoms with Crippen LogP contribution in [-0.2, 0) is 9.84 Å². The highest BCUT2D eigenvalue weighted by atomic mass is 32.2. The first-order valence-corrected chi connectivity index (χ1v) is 15.4. The predicted octanol–water partition coefficient (Wildman–Crippen LogP) is 7.60. The molecule has 0 aromatic heterocycles. The van der Waals surface area contributed by atoms with Crippen LogP contribution in [-0.4, -0.2) is 52.1 Å². The molecular weight excluding hydrogens is 502 g/mol. The Bertz CT molecular complexity index is 1350. The quantitative estimate of drug-likeness (QED) is 0.265. The van der Waals surface area contributed by atoms with E-state index in [1.54, 1.807) is 19.2 Å². The van der Waals surface area contributed by atoms with Crippen LogP contribution in [0.5, 0.6) is 0 Å². The van der Waals surface area contributed by atoms with Crippen molar-refractivity contribution < 1.29 is 8.42 Å². The fourth-order valence-corrected chi connectivity index (χ4v) is 5.00. The first-order valence-electron chi connectivity index (χ1n) is 13.5. The molecule has 1 fully saturated rings. The number of likely N-dealkylation sites (tertiary alicyclic amines) is 1. The van der Waals surface area contributed by atoms with Gasteiger partial charge in [0.05, 0.1) is 4.90 Å². The minimum Gasteiger partial charge on any atom is -0.357 e. The molecule has 0 saturated carbocycles. The maximum absolute atomic E-state index is 11.5. The topological polar surface area (TPSA) is 62.1 Å². The summed E-state index contributed by atoms with van der Waals surface area (Å²) in [5, 5.41) is 0. The SMILES string of the molecule is C=C(/N=C\C(C=C(C)C)=C/C)N1CCC(C)CC1.CN=Cc1cc(-c2ccc(S(C)(=O)=O)cc2)c(C)cc1C. The van der Waals surface area contributed by atoms with E-state index in [0.717, 1.165) is 52.7 Å². The van der Waals surface area contributed by atoms with Gasteiger partial charge in [0, 0.05) is 38.8 Å². The molecular formula is C33H45N3O2S. The van der Waals surface area contributed by atoms with Crippen molar-refractivity contribution in [3.8, 4) is 11.1 Å². The molecule has 1 saturated heterocycles. The first-order chi connectivity index (χ1) is 18.3. The van der Waals surface area contributed by atoms with Crippen LogP contribution in [0.2, 0.25) is 0 Å². The lowest BCUT2D eigenvalue weighted by Gasteiger charge is -2.31. The number of piperidine rings is 1. The summed E-state index contributed by atoms with van der Waals surface area (Å²) in [5.74, 6) is 1.73. The van der Waals surface area contributed by atoms with Crippen molar-refractivity contribution in [3.63, 3.8) is 0 Å². The van der Waals surface area contributed by atoms with Crippen molar-refractivity contribution in [2.45, 2.75) is 59.3 Å². The van der Waals surface area contributed by atoms with Crippen LogP contribution in [0, 0.1) is 19.8 Å². The van der Waals surface area contributed by atoms with Crippen molar-refractivity contribution in [3.05, 3.63) is 88.8 Å². The third-order valence-corrected chi connectivity index (χ3v) is 7.90. The minimum absolute atomic E-state index is 0.339. The smallest absolute Gasteiger partial charge is 0.175 e. The Labute approximate surface area is 236 Å². The van der Waals surface area contributed by atoms with E-state index in [1.165, 1.54) is 30.2 Å². The van der Waals surface area contributed by atoms with Gasteiger partial charge in [-0.25, -0.2) is 13.4 Å². The Morgan fingerprint density at radius 2 is 1.67 bits per heavy atom. The van der Waals surface area contributed by atoms with E-state index < -0.39 is 9.84 Å². The molecule has 3 rings (SSSR count). The van der Waals surface area contributed by atoms with E-state index in [4.69, 9.17) is 0 Å². The minimum atomic E-state index is -3.16. The molecule has 0 N–H and O–H groups in total. The van der Waals surface area contributed by atoms with Gasteiger partial charge in [-0.15, -0.1) is 0 Å². The van der Waals surface area contributed by atoms with Crippen LogP contribution in [0.25, 0.3) is 11.1 Å². The molecule has 5 nitrogen and oxygen atoms in total. The Kier molecular flexibility index (Phi) is 12.1. The van der Waals surface area contributed by atoms with E-state index >= 15 is 0 Å². The fourth-order valence-electron chi connectivity index (χ4n) is 4.37. The molecule has 6 heteroatoms. The second-order valence-electron chi connectivity index (χ2n) is 10.6. The number of hydrogen-bond donors (Lipinski definition) is 0. The third-order valence-electron chi connectivity index (χ3n) is 6.77. The maximum Gasteiger partial charge on any atom is 0.175 e. The number of hydrogen-bond acceptors (Lipinski definition) is 5. The molecule has 0 unspecified atom stereocenters. The standard InChI is InChI=1S/C17H19NO2S.C16H26N2/c1-12-9-13(2)17(10-15(12)11-18-3)14-5-7-16(8-6-14)21(4,19)20;1-6-16(11-13(2)3)12-17-15(5)18-9-7-14(4)8-10-18/h5-11H,1-4H3;6,11-12,14H,5,7-10H2,1-4H3/b;16-6-,17-12-. The summed E-state index contributed by atoms with van der Waals surface area (Å²) in [4.78, 5) is 11.2. The summed E-state index contributed by atoms with van der Waals surface area (Å²) in [7, 11) is -1.41. The zero-order chi connectivity index (χ0) is 29.2. The van der Waals surface area contributed by atoms with E-state index in [-0.39, 0.29) is 0 Å². The van der Waals surface area contributed by atoms with Crippen molar-refractivity contribution >= 4 is 22.3 Å². The molecule has 0 aliphatic carbocycles. The molecule has 2 aromatic carbocycles. The fraction of sp³-hybridized carbons (Fsp3) is 0.394. The molecule has 1 aliphatic heterocycles. The molecule has 210 valence electrons. The summed E-state index contributed by atoms with van der Waals surface area (Å²) in [6.07, 6.45) is 11.7. The molecule has 0 amide bonds. The normalized spacial score (nSPS) is 14.9. The lowest BCUT2D eigenvalue weighted by Crippen LogP contribution is -2.31. The number of aliphatic imine (C=N–C) groups is 2. The van der Waals surface area contributed by atoms with Crippen molar-refractivity contribution in [2.75, 3.05) is 26.4 Å². The van der Waals surface area contributed by atoms with Gasteiger partial charge in [0.25, 0.3) is 0 Å². The summed E-state index contributed by atoms with van der Waals surface area (Å²) < 4.78 is 23.0. The summed E-state index contributed by atoms with van der Waals surface area (Å²) in [6.45, 7) is 18.9. The molecule has 0 spiro atoms. The molecule has 2 aromatic rings. The van der Waals surface area contributed by atoms with Crippen molar-refractivity contribution in [1.29, 1.82) is 0 Å². The van der Waals surface area contributed by atoms with Gasteiger partial charge in [-0.3, -0.25) is 4.99 Å². The highest BCUT2D eigenvalue weighted by molar-refractivity contribution is 7.90.